The highest BCUT2D eigenvalue weighted by Crippen LogP contribution is 2.26. The number of nitrogens with zero attached hydrogens (tertiary/aromatic N) is 5. The molecule has 2 saturated heterocycles. The van der Waals surface area contributed by atoms with E-state index in [0.717, 1.165) is 37.5 Å². The van der Waals surface area contributed by atoms with Crippen molar-refractivity contribution < 1.29 is 14.2 Å². The van der Waals surface area contributed by atoms with Gasteiger partial charge in [0.25, 0.3) is 5.91 Å². The average molecular weight is 403 g/mol. The van der Waals surface area contributed by atoms with Gasteiger partial charge in [0, 0.05) is 12.1 Å². The van der Waals surface area contributed by atoms with Crippen molar-refractivity contribution in [2.24, 2.45) is 4.99 Å². The molecule has 0 spiro atoms. The second-order valence-corrected chi connectivity index (χ2v) is 7.95. The van der Waals surface area contributed by atoms with Crippen molar-refractivity contribution in [2.75, 3.05) is 27.2 Å². The molecule has 2 fully saturated rings. The van der Waals surface area contributed by atoms with Crippen LogP contribution in [0.5, 0.6) is 0 Å². The van der Waals surface area contributed by atoms with Crippen LogP contribution in [0.2, 0.25) is 5.02 Å². The maximum Gasteiger partial charge on any atom is 0.392 e. The molecule has 148 valence electrons. The second kappa shape index (κ2) is 7.54. The highest BCUT2D eigenvalue weighted by Gasteiger charge is 2.54. The third-order valence-electron chi connectivity index (χ3n) is 5.70. The van der Waals surface area contributed by atoms with E-state index in [9.17, 15) is 9.59 Å². The van der Waals surface area contributed by atoms with Crippen LogP contribution in [0.1, 0.15) is 31.2 Å². The number of rotatable bonds is 2. The molecule has 3 aliphatic heterocycles. The van der Waals surface area contributed by atoms with Gasteiger partial charge < -0.3 is 0 Å². The lowest BCUT2D eigenvalue weighted by Gasteiger charge is -2.34. The van der Waals surface area contributed by atoms with E-state index in [-0.39, 0.29) is 18.5 Å². The lowest BCUT2D eigenvalue weighted by molar-refractivity contribution is -0.531. The first-order valence-corrected chi connectivity index (χ1v) is 10.1. The number of hydrogen-bond acceptors (Lipinski definition) is 2. The number of carbonyl (C=O) groups is 2. The van der Waals surface area contributed by atoms with E-state index >= 15 is 0 Å². The summed E-state index contributed by atoms with van der Waals surface area (Å²) in [4.78, 5) is 35.6. The van der Waals surface area contributed by atoms with Crippen molar-refractivity contribution in [3.05, 3.63) is 34.9 Å². The highest BCUT2D eigenvalue weighted by atomic mass is 35.5. The molecule has 0 aromatic heterocycles. The monoisotopic (exact) mass is 402 g/mol. The fourth-order valence-corrected chi connectivity index (χ4v) is 4.29. The fraction of sp³-hybridized carbons (Fsp3) is 0.500. The highest BCUT2D eigenvalue weighted by molar-refractivity contribution is 6.31. The third-order valence-corrected chi connectivity index (χ3v) is 6.07. The second-order valence-electron chi connectivity index (χ2n) is 7.54. The number of halogens is 1. The molecule has 3 amide bonds. The first-order chi connectivity index (χ1) is 13.5. The molecule has 0 bridgehead atoms. The maximum absolute atomic E-state index is 13.3. The summed E-state index contributed by atoms with van der Waals surface area (Å²) in [6.07, 6.45) is 4.68. The quantitative estimate of drug-likeness (QED) is 0.714. The standard InChI is InChI=1S/C20H25ClN5O2/c1-23-16-17(22-19(23)25-11-7-3-4-8-12-25)24(2)20(28)26(18(16)27)13-14-9-5-6-10-15(14)21/h5-6,9-10,16H,3-4,7-8,11-13H2,1-2H3/q+1. The smallest absolute Gasteiger partial charge is 0.270 e. The Bertz CT molecular complexity index is 871. The van der Waals surface area contributed by atoms with Crippen LogP contribution < -0.4 is 0 Å². The van der Waals surface area contributed by atoms with Gasteiger partial charge in [0.2, 0.25) is 11.9 Å². The molecule has 3 heterocycles. The number of guanidine groups is 1. The normalized spacial score (nSPS) is 23.2. The van der Waals surface area contributed by atoms with Crippen LogP contribution in [-0.4, -0.2) is 76.2 Å². The van der Waals surface area contributed by atoms with Gasteiger partial charge in [-0.25, -0.2) is 9.69 Å². The molecule has 1 unspecified atom stereocenters. The molecule has 1 atom stereocenters. The summed E-state index contributed by atoms with van der Waals surface area (Å²) >= 11 is 6.25. The van der Waals surface area contributed by atoms with Crippen molar-refractivity contribution in [3.63, 3.8) is 0 Å². The summed E-state index contributed by atoms with van der Waals surface area (Å²) in [5, 5.41) is 0.543. The zero-order valence-corrected chi connectivity index (χ0v) is 17.0. The van der Waals surface area contributed by atoms with Crippen molar-refractivity contribution in [1.82, 2.24) is 14.7 Å². The Morgan fingerprint density at radius 1 is 1.11 bits per heavy atom. The topological polar surface area (TPSA) is 59.2 Å². The van der Waals surface area contributed by atoms with Gasteiger partial charge >= 0.3 is 12.0 Å². The SMILES string of the molecule is CN1C(=O)N(Cc2ccccc2Cl)C(=O)C2C1=NC(=[N+]1CCCCCC1)N2C. The Hall–Kier alpha value is -2.41. The Kier molecular flexibility index (Phi) is 5.10. The molecule has 0 saturated carbocycles. The molecular weight excluding hydrogens is 378 g/mol. The van der Waals surface area contributed by atoms with Crippen molar-refractivity contribution >= 4 is 35.3 Å². The summed E-state index contributed by atoms with van der Waals surface area (Å²) in [5.74, 6) is 1.04. The van der Waals surface area contributed by atoms with Gasteiger partial charge in [-0.05, 0) is 24.5 Å². The first kappa shape index (κ1) is 18.9. The molecular formula is C20H25ClN5O2+. The van der Waals surface area contributed by atoms with Crippen LogP contribution in [0, 0.1) is 0 Å². The number of imide groups is 1. The van der Waals surface area contributed by atoms with Gasteiger partial charge in [0.15, 0.2) is 0 Å². The largest absolute Gasteiger partial charge is 0.392 e. The fourth-order valence-electron chi connectivity index (χ4n) is 4.09. The van der Waals surface area contributed by atoms with Crippen LogP contribution in [0.4, 0.5) is 4.79 Å². The summed E-state index contributed by atoms with van der Waals surface area (Å²) in [6, 6.07) is 6.33. The number of urea groups is 1. The van der Waals surface area contributed by atoms with Crippen LogP contribution in [0.15, 0.2) is 29.3 Å². The number of amidine groups is 1. The van der Waals surface area contributed by atoms with Gasteiger partial charge in [0.1, 0.15) is 0 Å². The molecule has 0 aliphatic carbocycles. The molecule has 28 heavy (non-hydrogen) atoms. The molecule has 4 rings (SSSR count). The summed E-state index contributed by atoms with van der Waals surface area (Å²) < 4.78 is 2.24. The van der Waals surface area contributed by atoms with Gasteiger partial charge in [-0.2, -0.15) is 0 Å². The predicted octanol–water partition coefficient (Wildman–Crippen LogP) is 2.39. The average Bonchev–Trinajstić information content (AvgIpc) is 2.85. The summed E-state index contributed by atoms with van der Waals surface area (Å²) in [5.41, 5.74) is 0.747. The maximum atomic E-state index is 13.3. The van der Waals surface area contributed by atoms with E-state index in [2.05, 4.69) is 4.58 Å². The van der Waals surface area contributed by atoms with E-state index in [1.54, 1.807) is 13.1 Å². The van der Waals surface area contributed by atoms with Crippen LogP contribution in [0.3, 0.4) is 0 Å². The van der Waals surface area contributed by atoms with E-state index in [0.29, 0.717) is 10.9 Å². The molecule has 1 aromatic rings. The predicted molar refractivity (Wildman–Crippen MR) is 108 cm³/mol. The number of hydrogen-bond donors (Lipinski definition) is 0. The van der Waals surface area contributed by atoms with Gasteiger partial charge in [-0.15, -0.1) is 0 Å². The van der Waals surface area contributed by atoms with E-state index in [4.69, 9.17) is 16.6 Å². The number of aliphatic imine (C=N–C) groups is 1. The van der Waals surface area contributed by atoms with Crippen molar-refractivity contribution in [1.29, 1.82) is 0 Å². The molecule has 3 aliphatic rings. The molecule has 0 radical (unpaired) electrons. The number of carbonyl (C=O) groups excluding carboxylic acids is 2. The van der Waals surface area contributed by atoms with Crippen LogP contribution in [0.25, 0.3) is 0 Å². The van der Waals surface area contributed by atoms with Gasteiger partial charge in [-0.1, -0.05) is 47.6 Å². The summed E-state index contributed by atoms with van der Waals surface area (Å²) in [7, 11) is 3.57. The van der Waals surface area contributed by atoms with Gasteiger partial charge in [-0.3, -0.25) is 19.2 Å². The summed E-state index contributed by atoms with van der Waals surface area (Å²) in [6.45, 7) is 2.01. The Morgan fingerprint density at radius 2 is 1.79 bits per heavy atom. The number of amides is 3. The first-order valence-electron chi connectivity index (χ1n) is 9.75. The number of likely N-dealkylation sites (N-methyl/N-ethyl adjacent to an activating group) is 2. The van der Waals surface area contributed by atoms with Crippen molar-refractivity contribution in [2.45, 2.75) is 38.3 Å². The number of benzene rings is 1. The number of fused-ring (bicyclic) bond motifs is 1. The van der Waals surface area contributed by atoms with Gasteiger partial charge in [0.05, 0.1) is 26.7 Å². The molecule has 8 heteroatoms. The minimum atomic E-state index is -0.580. The zero-order valence-electron chi connectivity index (χ0n) is 16.3. The Labute approximate surface area is 169 Å². The minimum absolute atomic E-state index is 0.151. The Balaban J connectivity index is 1.66. The third kappa shape index (κ3) is 3.17. The molecule has 1 aromatic carbocycles. The van der Waals surface area contributed by atoms with Crippen LogP contribution >= 0.6 is 11.6 Å². The molecule has 0 N–H and O–H groups in total. The zero-order chi connectivity index (χ0) is 19.8. The van der Waals surface area contributed by atoms with E-state index in [1.165, 1.54) is 22.6 Å². The lowest BCUT2D eigenvalue weighted by atomic mass is 10.1. The molecule has 7 nitrogen and oxygen atoms in total. The van der Waals surface area contributed by atoms with E-state index in [1.807, 2.05) is 30.1 Å². The lowest BCUT2D eigenvalue weighted by Crippen LogP contribution is -2.63. The van der Waals surface area contributed by atoms with Crippen molar-refractivity contribution in [3.8, 4) is 0 Å². The Morgan fingerprint density at radius 3 is 2.46 bits per heavy atom. The van der Waals surface area contributed by atoms with Crippen LogP contribution in [-0.2, 0) is 11.3 Å². The minimum Gasteiger partial charge on any atom is -0.270 e. The van der Waals surface area contributed by atoms with E-state index < -0.39 is 6.04 Å².